The summed E-state index contributed by atoms with van der Waals surface area (Å²) in [5.41, 5.74) is 5.51. The van der Waals surface area contributed by atoms with Crippen molar-refractivity contribution in [3.63, 3.8) is 0 Å². The van der Waals surface area contributed by atoms with Crippen LogP contribution in [0.1, 0.15) is 10.4 Å². The minimum Gasteiger partial charge on any atom is -0.504 e. The number of aromatic carboxylic acids is 1. The van der Waals surface area contributed by atoms with E-state index in [4.69, 9.17) is 20.1 Å². The first-order chi connectivity index (χ1) is 8.52. The van der Waals surface area contributed by atoms with Crippen LogP contribution in [0.25, 0.3) is 11.3 Å². The van der Waals surface area contributed by atoms with Crippen molar-refractivity contribution >= 4 is 11.8 Å². The fourth-order valence-corrected chi connectivity index (χ4v) is 1.49. The molecule has 18 heavy (non-hydrogen) atoms. The zero-order chi connectivity index (χ0) is 13.3. The number of hydrogen-bond donors (Lipinski definition) is 3. The van der Waals surface area contributed by atoms with E-state index in [1.54, 1.807) is 0 Å². The third kappa shape index (κ3) is 1.93. The van der Waals surface area contributed by atoms with Gasteiger partial charge >= 0.3 is 5.97 Å². The van der Waals surface area contributed by atoms with Crippen LogP contribution in [-0.4, -0.2) is 28.4 Å². The summed E-state index contributed by atoms with van der Waals surface area (Å²) < 4.78 is 9.82. The Balaban J connectivity index is 2.62. The van der Waals surface area contributed by atoms with E-state index >= 15 is 0 Å². The molecule has 4 N–H and O–H groups in total. The summed E-state index contributed by atoms with van der Waals surface area (Å²) in [6.45, 7) is 0. The number of methoxy groups -OCH3 is 1. The second-order valence-corrected chi connectivity index (χ2v) is 3.50. The molecule has 0 aliphatic rings. The molecule has 1 heterocycles. The minimum absolute atomic E-state index is 0.0277. The van der Waals surface area contributed by atoms with Gasteiger partial charge in [-0.15, -0.1) is 0 Å². The van der Waals surface area contributed by atoms with Crippen molar-refractivity contribution in [1.82, 2.24) is 5.16 Å². The van der Waals surface area contributed by atoms with E-state index in [0.717, 1.165) is 0 Å². The average molecular weight is 250 g/mol. The lowest BCUT2D eigenvalue weighted by Gasteiger charge is -2.08. The Hall–Kier alpha value is -2.70. The van der Waals surface area contributed by atoms with Crippen molar-refractivity contribution in [3.05, 3.63) is 23.8 Å². The van der Waals surface area contributed by atoms with E-state index in [-0.39, 0.29) is 22.9 Å². The number of aromatic hydroxyl groups is 1. The summed E-state index contributed by atoms with van der Waals surface area (Å²) in [6, 6.07) is 4.12. The Kier molecular flexibility index (Phi) is 2.80. The van der Waals surface area contributed by atoms with Crippen molar-refractivity contribution in [2.75, 3.05) is 12.8 Å². The largest absolute Gasteiger partial charge is 0.504 e. The number of aromatic nitrogens is 1. The molecule has 0 aliphatic carbocycles. The molecule has 0 amide bonds. The number of phenols is 1. The maximum absolute atomic E-state index is 11.0. The van der Waals surface area contributed by atoms with E-state index in [1.165, 1.54) is 25.3 Å². The first-order valence-electron chi connectivity index (χ1n) is 4.89. The SMILES string of the molecule is COc1cc(-c2cc(N)no2)cc(C(=O)O)c1O. The van der Waals surface area contributed by atoms with Crippen LogP contribution < -0.4 is 10.5 Å². The van der Waals surface area contributed by atoms with Gasteiger partial charge < -0.3 is 25.2 Å². The second-order valence-electron chi connectivity index (χ2n) is 3.50. The Morgan fingerprint density at radius 2 is 2.17 bits per heavy atom. The first-order valence-corrected chi connectivity index (χ1v) is 4.89. The van der Waals surface area contributed by atoms with Gasteiger partial charge in [-0.05, 0) is 12.1 Å². The van der Waals surface area contributed by atoms with Gasteiger partial charge in [0.15, 0.2) is 23.1 Å². The van der Waals surface area contributed by atoms with Crippen molar-refractivity contribution in [1.29, 1.82) is 0 Å². The molecule has 0 bridgehead atoms. The van der Waals surface area contributed by atoms with Gasteiger partial charge in [0.1, 0.15) is 5.56 Å². The lowest BCUT2D eigenvalue weighted by atomic mass is 10.1. The number of nitrogens with two attached hydrogens (primary N) is 1. The Morgan fingerprint density at radius 3 is 2.67 bits per heavy atom. The third-order valence-corrected chi connectivity index (χ3v) is 2.34. The molecule has 0 spiro atoms. The number of carboxylic acid groups (broad SMARTS) is 1. The summed E-state index contributed by atoms with van der Waals surface area (Å²) in [5, 5.41) is 22.1. The molecular weight excluding hydrogens is 240 g/mol. The zero-order valence-electron chi connectivity index (χ0n) is 9.38. The number of hydrogen-bond acceptors (Lipinski definition) is 6. The van der Waals surface area contributed by atoms with Gasteiger partial charge in [0.05, 0.1) is 7.11 Å². The standard InChI is InChI=1S/C11H10N2O5/c1-17-8-3-5(7-4-9(12)13-18-7)2-6(10(8)14)11(15)16/h2-4,14H,1H3,(H2,12,13)(H,15,16). The maximum Gasteiger partial charge on any atom is 0.339 e. The van der Waals surface area contributed by atoms with Crippen LogP contribution in [-0.2, 0) is 0 Å². The molecule has 2 aromatic rings. The highest BCUT2D eigenvalue weighted by Crippen LogP contribution is 2.35. The Labute approximate surface area is 101 Å². The smallest absolute Gasteiger partial charge is 0.339 e. The molecule has 94 valence electrons. The van der Waals surface area contributed by atoms with Gasteiger partial charge in [0.2, 0.25) is 0 Å². The van der Waals surface area contributed by atoms with E-state index in [9.17, 15) is 9.90 Å². The molecule has 0 fully saturated rings. The molecule has 0 atom stereocenters. The summed E-state index contributed by atoms with van der Waals surface area (Å²) in [7, 11) is 1.32. The Bertz CT molecular complexity index is 605. The van der Waals surface area contributed by atoms with Gasteiger partial charge in [-0.25, -0.2) is 4.79 Å². The number of carbonyl (C=O) groups is 1. The number of ether oxygens (including phenoxy) is 1. The van der Waals surface area contributed by atoms with Crippen LogP contribution >= 0.6 is 0 Å². The lowest BCUT2D eigenvalue weighted by molar-refractivity contribution is 0.0693. The number of nitrogens with zero attached hydrogens (tertiary/aromatic N) is 1. The fourth-order valence-electron chi connectivity index (χ4n) is 1.49. The second kappa shape index (κ2) is 4.28. The molecule has 7 nitrogen and oxygen atoms in total. The topological polar surface area (TPSA) is 119 Å². The number of benzene rings is 1. The van der Waals surface area contributed by atoms with Crippen molar-refractivity contribution in [2.45, 2.75) is 0 Å². The number of nitrogen functional groups attached to an aromatic ring is 1. The molecule has 1 aromatic carbocycles. The van der Waals surface area contributed by atoms with Crippen LogP contribution in [0.4, 0.5) is 5.82 Å². The van der Waals surface area contributed by atoms with E-state index < -0.39 is 11.7 Å². The van der Waals surface area contributed by atoms with Gasteiger partial charge in [0.25, 0.3) is 0 Å². The predicted molar refractivity (Wildman–Crippen MR) is 61.5 cm³/mol. The molecule has 0 radical (unpaired) electrons. The summed E-state index contributed by atoms with van der Waals surface area (Å²) in [4.78, 5) is 11.0. The quantitative estimate of drug-likeness (QED) is 0.751. The number of rotatable bonds is 3. The molecule has 0 saturated carbocycles. The van der Waals surface area contributed by atoms with E-state index in [0.29, 0.717) is 5.56 Å². The zero-order valence-corrected chi connectivity index (χ0v) is 9.38. The van der Waals surface area contributed by atoms with Gasteiger partial charge in [-0.3, -0.25) is 0 Å². The summed E-state index contributed by atoms with van der Waals surface area (Å²) in [5.74, 6) is -1.23. The van der Waals surface area contributed by atoms with Gasteiger partial charge in [-0.1, -0.05) is 5.16 Å². The van der Waals surface area contributed by atoms with E-state index in [1.807, 2.05) is 0 Å². The molecule has 1 aromatic heterocycles. The van der Waals surface area contributed by atoms with Crippen molar-refractivity contribution in [2.24, 2.45) is 0 Å². The van der Waals surface area contributed by atoms with Gasteiger partial charge in [-0.2, -0.15) is 0 Å². The summed E-state index contributed by atoms with van der Waals surface area (Å²) >= 11 is 0. The van der Waals surface area contributed by atoms with Crippen LogP contribution in [0.3, 0.4) is 0 Å². The van der Waals surface area contributed by atoms with Gasteiger partial charge in [0, 0.05) is 11.6 Å². The third-order valence-electron chi connectivity index (χ3n) is 2.34. The molecule has 0 saturated heterocycles. The number of carboxylic acids is 1. The minimum atomic E-state index is -1.28. The molecule has 0 unspecified atom stereocenters. The molecular formula is C11H10N2O5. The van der Waals surface area contributed by atoms with Crippen LogP contribution in [0.5, 0.6) is 11.5 Å². The van der Waals surface area contributed by atoms with E-state index in [2.05, 4.69) is 5.16 Å². The highest BCUT2D eigenvalue weighted by Gasteiger charge is 2.18. The first kappa shape index (κ1) is 11.8. The van der Waals surface area contributed by atoms with Crippen molar-refractivity contribution in [3.8, 4) is 22.8 Å². The highest BCUT2D eigenvalue weighted by atomic mass is 16.5. The number of anilines is 1. The Morgan fingerprint density at radius 1 is 1.44 bits per heavy atom. The van der Waals surface area contributed by atoms with Crippen LogP contribution in [0.2, 0.25) is 0 Å². The molecule has 2 rings (SSSR count). The molecule has 0 aliphatic heterocycles. The van der Waals surface area contributed by atoms with Crippen molar-refractivity contribution < 1.29 is 24.3 Å². The maximum atomic E-state index is 11.0. The monoisotopic (exact) mass is 250 g/mol. The summed E-state index contributed by atoms with van der Waals surface area (Å²) in [6.07, 6.45) is 0. The highest BCUT2D eigenvalue weighted by molar-refractivity contribution is 5.93. The predicted octanol–water partition coefficient (Wildman–Crippen LogP) is 1.34. The molecule has 7 heteroatoms. The average Bonchev–Trinajstić information content (AvgIpc) is 2.76. The lowest BCUT2D eigenvalue weighted by Crippen LogP contribution is -1.99. The van der Waals surface area contributed by atoms with Crippen LogP contribution in [0, 0.1) is 0 Å². The fraction of sp³-hybridized carbons (Fsp3) is 0.0909. The normalized spacial score (nSPS) is 10.3. The van der Waals surface area contributed by atoms with Crippen LogP contribution in [0.15, 0.2) is 22.7 Å².